The molecule has 5 nitrogen and oxygen atoms in total. The number of nitrogens with zero attached hydrogens (tertiary/aromatic N) is 3. The second kappa shape index (κ2) is 5.07. The Labute approximate surface area is 113 Å². The summed E-state index contributed by atoms with van der Waals surface area (Å²) in [4.78, 5) is 18.3. The van der Waals surface area contributed by atoms with Gasteiger partial charge in [-0.1, -0.05) is 12.2 Å². The Morgan fingerprint density at radius 2 is 2.16 bits per heavy atom. The van der Waals surface area contributed by atoms with Crippen LogP contribution in [0.4, 0.5) is 4.79 Å². The number of aryl methyl sites for hydroxylation is 1. The minimum Gasteiger partial charge on any atom is -0.444 e. The van der Waals surface area contributed by atoms with Crippen LogP contribution in [-0.2, 0) is 11.8 Å². The van der Waals surface area contributed by atoms with Gasteiger partial charge >= 0.3 is 6.09 Å². The molecule has 1 atom stereocenters. The Morgan fingerprint density at radius 3 is 2.74 bits per heavy atom. The predicted molar refractivity (Wildman–Crippen MR) is 72.6 cm³/mol. The molecule has 104 valence electrons. The molecule has 0 saturated heterocycles. The van der Waals surface area contributed by atoms with E-state index in [1.165, 1.54) is 0 Å². The van der Waals surface area contributed by atoms with Crippen molar-refractivity contribution < 1.29 is 9.53 Å². The van der Waals surface area contributed by atoms with Crippen molar-refractivity contribution in [3.63, 3.8) is 0 Å². The Balaban J connectivity index is 2.20. The third-order valence-corrected chi connectivity index (χ3v) is 2.99. The molecule has 0 spiro atoms. The van der Waals surface area contributed by atoms with E-state index in [0.717, 1.165) is 12.2 Å². The number of amides is 1. The van der Waals surface area contributed by atoms with Crippen LogP contribution in [0.1, 0.15) is 39.1 Å². The first-order valence-electron chi connectivity index (χ1n) is 6.50. The van der Waals surface area contributed by atoms with Crippen LogP contribution in [0.3, 0.4) is 0 Å². The smallest absolute Gasteiger partial charge is 0.411 e. The number of carbonyl (C=O) groups is 1. The van der Waals surface area contributed by atoms with Gasteiger partial charge in [-0.2, -0.15) is 0 Å². The van der Waals surface area contributed by atoms with Crippen LogP contribution in [0.25, 0.3) is 0 Å². The molecule has 19 heavy (non-hydrogen) atoms. The summed E-state index contributed by atoms with van der Waals surface area (Å²) in [7, 11) is 1.94. The Kier molecular flexibility index (Phi) is 3.64. The van der Waals surface area contributed by atoms with E-state index in [0.29, 0.717) is 6.54 Å². The van der Waals surface area contributed by atoms with E-state index in [9.17, 15) is 4.79 Å². The van der Waals surface area contributed by atoms with Gasteiger partial charge in [0, 0.05) is 26.0 Å². The average molecular weight is 263 g/mol. The standard InChI is InChI=1S/C14H21N3O2/c1-14(2,3)19-13(18)17-9-6-5-7-11(17)12-15-8-10-16(12)4/h5-6,8,10-11H,7,9H2,1-4H3. The molecular formula is C14H21N3O2. The minimum atomic E-state index is -0.482. The van der Waals surface area contributed by atoms with Crippen LogP contribution in [0.2, 0.25) is 0 Å². The molecule has 1 amide bonds. The molecule has 1 aliphatic heterocycles. The van der Waals surface area contributed by atoms with Crippen molar-refractivity contribution in [3.8, 4) is 0 Å². The molecule has 0 N–H and O–H groups in total. The summed E-state index contributed by atoms with van der Waals surface area (Å²) in [5.74, 6) is 0.884. The molecule has 0 fully saturated rings. The quantitative estimate of drug-likeness (QED) is 0.732. The molecule has 0 saturated carbocycles. The van der Waals surface area contributed by atoms with E-state index < -0.39 is 5.60 Å². The van der Waals surface area contributed by atoms with Gasteiger partial charge in [0.1, 0.15) is 11.4 Å². The third kappa shape index (κ3) is 3.16. The van der Waals surface area contributed by atoms with Gasteiger partial charge in [0.15, 0.2) is 0 Å². The molecule has 1 aliphatic rings. The summed E-state index contributed by atoms with van der Waals surface area (Å²) < 4.78 is 7.41. The van der Waals surface area contributed by atoms with Crippen molar-refractivity contribution >= 4 is 6.09 Å². The number of imidazole rings is 1. The molecule has 0 aliphatic carbocycles. The maximum Gasteiger partial charge on any atom is 0.411 e. The van der Waals surface area contributed by atoms with Crippen molar-refractivity contribution in [2.75, 3.05) is 6.54 Å². The topological polar surface area (TPSA) is 47.4 Å². The van der Waals surface area contributed by atoms with Crippen molar-refractivity contribution in [1.29, 1.82) is 0 Å². The Bertz CT molecular complexity index is 485. The molecule has 2 rings (SSSR count). The van der Waals surface area contributed by atoms with Crippen molar-refractivity contribution in [3.05, 3.63) is 30.4 Å². The summed E-state index contributed by atoms with van der Waals surface area (Å²) in [6, 6.07) is -0.0557. The molecular weight excluding hydrogens is 242 g/mol. The van der Waals surface area contributed by atoms with Gasteiger partial charge in [0.05, 0.1) is 6.04 Å². The van der Waals surface area contributed by atoms with E-state index in [4.69, 9.17) is 4.74 Å². The monoisotopic (exact) mass is 263 g/mol. The van der Waals surface area contributed by atoms with E-state index >= 15 is 0 Å². The third-order valence-electron chi connectivity index (χ3n) is 2.99. The van der Waals surface area contributed by atoms with Crippen LogP contribution in [0.5, 0.6) is 0 Å². The molecule has 0 bridgehead atoms. The fourth-order valence-electron chi connectivity index (χ4n) is 2.13. The van der Waals surface area contributed by atoms with Crippen molar-refractivity contribution in [1.82, 2.24) is 14.5 Å². The highest BCUT2D eigenvalue weighted by molar-refractivity contribution is 5.69. The molecule has 0 radical (unpaired) electrons. The van der Waals surface area contributed by atoms with Gasteiger partial charge in [0.2, 0.25) is 0 Å². The summed E-state index contributed by atoms with van der Waals surface area (Å²) in [5, 5.41) is 0. The van der Waals surface area contributed by atoms with Crippen LogP contribution in [0.15, 0.2) is 24.5 Å². The maximum atomic E-state index is 12.3. The normalized spacial score (nSPS) is 19.6. The Hall–Kier alpha value is -1.78. The maximum absolute atomic E-state index is 12.3. The summed E-state index contributed by atoms with van der Waals surface area (Å²) in [5.41, 5.74) is -0.482. The number of ether oxygens (including phenoxy) is 1. The van der Waals surface area contributed by atoms with E-state index in [1.807, 2.05) is 44.7 Å². The van der Waals surface area contributed by atoms with E-state index in [-0.39, 0.29) is 12.1 Å². The largest absolute Gasteiger partial charge is 0.444 e. The Morgan fingerprint density at radius 1 is 1.42 bits per heavy atom. The van der Waals surface area contributed by atoms with Crippen LogP contribution in [-0.4, -0.2) is 32.7 Å². The molecule has 1 aromatic heterocycles. The van der Waals surface area contributed by atoms with Gasteiger partial charge < -0.3 is 9.30 Å². The second-order valence-electron chi connectivity index (χ2n) is 5.75. The molecule has 2 heterocycles. The SMILES string of the molecule is Cn1ccnc1C1CC=CCN1C(=O)OC(C)(C)C. The van der Waals surface area contributed by atoms with Crippen LogP contribution in [0, 0.1) is 0 Å². The first kappa shape index (κ1) is 13.6. The zero-order valence-electron chi connectivity index (χ0n) is 12.0. The van der Waals surface area contributed by atoms with E-state index in [1.54, 1.807) is 11.1 Å². The predicted octanol–water partition coefficient (Wildman–Crippen LogP) is 2.66. The molecule has 0 aromatic carbocycles. The molecule has 1 unspecified atom stereocenters. The van der Waals surface area contributed by atoms with Gasteiger partial charge in [-0.3, -0.25) is 4.90 Å². The van der Waals surface area contributed by atoms with Gasteiger partial charge in [0.25, 0.3) is 0 Å². The fourth-order valence-corrected chi connectivity index (χ4v) is 2.13. The van der Waals surface area contributed by atoms with Crippen molar-refractivity contribution in [2.24, 2.45) is 7.05 Å². The lowest BCUT2D eigenvalue weighted by atomic mass is 10.1. The minimum absolute atomic E-state index is 0.0557. The number of rotatable bonds is 1. The lowest BCUT2D eigenvalue weighted by molar-refractivity contribution is 0.0165. The zero-order chi connectivity index (χ0) is 14.0. The lowest BCUT2D eigenvalue weighted by Crippen LogP contribution is -2.41. The highest BCUT2D eigenvalue weighted by atomic mass is 16.6. The average Bonchev–Trinajstić information content (AvgIpc) is 2.73. The van der Waals surface area contributed by atoms with Crippen LogP contribution >= 0.6 is 0 Å². The number of hydrogen-bond acceptors (Lipinski definition) is 3. The fraction of sp³-hybridized carbons (Fsp3) is 0.571. The first-order valence-corrected chi connectivity index (χ1v) is 6.50. The van der Waals surface area contributed by atoms with Crippen molar-refractivity contribution in [2.45, 2.75) is 38.8 Å². The first-order chi connectivity index (χ1) is 8.88. The lowest BCUT2D eigenvalue weighted by Gasteiger charge is -2.34. The zero-order valence-corrected chi connectivity index (χ0v) is 12.0. The van der Waals surface area contributed by atoms with Gasteiger partial charge in [-0.05, 0) is 27.2 Å². The summed E-state index contributed by atoms with van der Waals surface area (Å²) >= 11 is 0. The van der Waals surface area contributed by atoms with Crippen LogP contribution < -0.4 is 0 Å². The van der Waals surface area contributed by atoms with Gasteiger partial charge in [-0.15, -0.1) is 0 Å². The summed E-state index contributed by atoms with van der Waals surface area (Å²) in [6.07, 6.45) is 8.19. The van der Waals surface area contributed by atoms with E-state index in [2.05, 4.69) is 11.1 Å². The highest BCUT2D eigenvalue weighted by Gasteiger charge is 2.31. The number of carbonyl (C=O) groups excluding carboxylic acids is 1. The number of aromatic nitrogens is 2. The summed E-state index contributed by atoms with van der Waals surface area (Å²) in [6.45, 7) is 6.19. The number of hydrogen-bond donors (Lipinski definition) is 0. The highest BCUT2D eigenvalue weighted by Crippen LogP contribution is 2.27. The second-order valence-corrected chi connectivity index (χ2v) is 5.75. The van der Waals surface area contributed by atoms with Gasteiger partial charge in [-0.25, -0.2) is 9.78 Å². The molecule has 1 aromatic rings. The molecule has 5 heteroatoms.